The maximum Gasteiger partial charge on any atom is 0.335 e. The molecule has 22 heavy (non-hydrogen) atoms. The van der Waals surface area contributed by atoms with Gasteiger partial charge in [-0.1, -0.05) is 64.0 Å². The average molecular weight is 310 g/mol. The normalized spacial score (nSPS) is 10.7. The Morgan fingerprint density at radius 2 is 1.36 bits per heavy atom. The zero-order chi connectivity index (χ0) is 16.5. The van der Waals surface area contributed by atoms with E-state index in [1.54, 1.807) is 0 Å². The average Bonchev–Trinajstić information content (AvgIpc) is 2.47. The van der Waals surface area contributed by atoms with Crippen LogP contribution in [0.5, 0.6) is 0 Å². The summed E-state index contributed by atoms with van der Waals surface area (Å²) in [7, 11) is 0. The second-order valence-corrected chi connectivity index (χ2v) is 5.47. The molecule has 0 aromatic rings. The molecule has 0 amide bonds. The minimum absolute atomic E-state index is 0.305. The standard InChI is InChI=1S/C18H30O4/c1-2-22-18(21)16-14-12-10-8-6-4-3-5-7-9-11-13-15-17(19)20/h2,14,16H,1,3-13,15H2,(H,19,20). The number of carboxylic acids is 1. The van der Waals surface area contributed by atoms with E-state index in [9.17, 15) is 9.59 Å². The van der Waals surface area contributed by atoms with Gasteiger partial charge in [0.05, 0.1) is 6.26 Å². The summed E-state index contributed by atoms with van der Waals surface area (Å²) >= 11 is 0. The summed E-state index contributed by atoms with van der Waals surface area (Å²) in [5.41, 5.74) is 0. The molecule has 0 aromatic heterocycles. The topological polar surface area (TPSA) is 63.6 Å². The summed E-state index contributed by atoms with van der Waals surface area (Å²) in [6.07, 6.45) is 17.2. The summed E-state index contributed by atoms with van der Waals surface area (Å²) in [6.45, 7) is 3.32. The van der Waals surface area contributed by atoms with E-state index in [0.29, 0.717) is 6.42 Å². The van der Waals surface area contributed by atoms with Gasteiger partial charge in [0.15, 0.2) is 0 Å². The van der Waals surface area contributed by atoms with E-state index in [0.717, 1.165) is 38.4 Å². The Morgan fingerprint density at radius 3 is 1.86 bits per heavy atom. The van der Waals surface area contributed by atoms with Crippen molar-refractivity contribution in [3.8, 4) is 0 Å². The molecular weight excluding hydrogens is 280 g/mol. The van der Waals surface area contributed by atoms with Gasteiger partial charge in [-0.2, -0.15) is 0 Å². The largest absolute Gasteiger partial charge is 0.481 e. The minimum Gasteiger partial charge on any atom is -0.481 e. The van der Waals surface area contributed by atoms with Crippen LogP contribution in [0.25, 0.3) is 0 Å². The lowest BCUT2D eigenvalue weighted by molar-refractivity contribution is -0.137. The van der Waals surface area contributed by atoms with Crippen molar-refractivity contribution in [1.29, 1.82) is 0 Å². The molecule has 0 rings (SSSR count). The zero-order valence-electron chi connectivity index (χ0n) is 13.6. The monoisotopic (exact) mass is 310 g/mol. The number of allylic oxidation sites excluding steroid dienone is 1. The van der Waals surface area contributed by atoms with Crippen LogP contribution < -0.4 is 0 Å². The number of aliphatic carboxylic acids is 1. The van der Waals surface area contributed by atoms with Gasteiger partial charge in [0.2, 0.25) is 0 Å². The smallest absolute Gasteiger partial charge is 0.335 e. The van der Waals surface area contributed by atoms with E-state index in [4.69, 9.17) is 5.11 Å². The molecule has 0 spiro atoms. The highest BCUT2D eigenvalue weighted by molar-refractivity contribution is 5.82. The predicted molar refractivity (Wildman–Crippen MR) is 88.5 cm³/mol. The van der Waals surface area contributed by atoms with Crippen molar-refractivity contribution in [2.24, 2.45) is 0 Å². The number of carbonyl (C=O) groups excluding carboxylic acids is 1. The van der Waals surface area contributed by atoms with Crippen molar-refractivity contribution in [1.82, 2.24) is 0 Å². The van der Waals surface area contributed by atoms with Crippen LogP contribution in [0.3, 0.4) is 0 Å². The fourth-order valence-electron chi connectivity index (χ4n) is 2.25. The van der Waals surface area contributed by atoms with Gasteiger partial charge in [-0.25, -0.2) is 4.79 Å². The number of hydrogen-bond acceptors (Lipinski definition) is 3. The molecule has 0 fully saturated rings. The van der Waals surface area contributed by atoms with Crippen molar-refractivity contribution in [3.05, 3.63) is 25.0 Å². The Morgan fingerprint density at radius 1 is 0.864 bits per heavy atom. The van der Waals surface area contributed by atoms with E-state index < -0.39 is 5.97 Å². The number of rotatable bonds is 15. The number of hydrogen-bond donors (Lipinski definition) is 1. The molecule has 0 aromatic carbocycles. The highest BCUT2D eigenvalue weighted by Crippen LogP contribution is 2.12. The number of ether oxygens (including phenoxy) is 1. The van der Waals surface area contributed by atoms with Crippen molar-refractivity contribution < 1.29 is 19.4 Å². The highest BCUT2D eigenvalue weighted by atomic mass is 16.5. The van der Waals surface area contributed by atoms with Gasteiger partial charge >= 0.3 is 11.9 Å². The third-order valence-electron chi connectivity index (χ3n) is 3.46. The SMILES string of the molecule is C=COC(=O)C=CCCCCCCCCCCCCC(=O)O. The fraction of sp³-hybridized carbons (Fsp3) is 0.667. The Kier molecular flexibility index (Phi) is 14.7. The van der Waals surface area contributed by atoms with Gasteiger partial charge in [0, 0.05) is 12.5 Å². The third kappa shape index (κ3) is 16.5. The molecule has 0 radical (unpaired) electrons. The van der Waals surface area contributed by atoms with Crippen LogP contribution in [0.15, 0.2) is 25.0 Å². The molecule has 0 aliphatic carbocycles. The lowest BCUT2D eigenvalue weighted by Gasteiger charge is -2.01. The molecule has 0 saturated heterocycles. The fourth-order valence-corrected chi connectivity index (χ4v) is 2.25. The Balaban J connectivity index is 3.16. The van der Waals surface area contributed by atoms with Gasteiger partial charge in [0.25, 0.3) is 0 Å². The molecular formula is C18H30O4. The van der Waals surface area contributed by atoms with E-state index in [-0.39, 0.29) is 5.97 Å². The quantitative estimate of drug-likeness (QED) is 0.200. The Bertz CT molecular complexity index is 334. The lowest BCUT2D eigenvalue weighted by Crippen LogP contribution is -1.93. The van der Waals surface area contributed by atoms with Crippen LogP contribution in [0, 0.1) is 0 Å². The molecule has 4 nitrogen and oxygen atoms in total. The first-order valence-electron chi connectivity index (χ1n) is 8.36. The van der Waals surface area contributed by atoms with Crippen LogP contribution in [0.4, 0.5) is 0 Å². The van der Waals surface area contributed by atoms with Crippen LogP contribution >= 0.6 is 0 Å². The second kappa shape index (κ2) is 15.8. The predicted octanol–water partition coefficient (Wildman–Crippen LogP) is 5.00. The molecule has 0 unspecified atom stereocenters. The molecule has 1 N–H and O–H groups in total. The Labute approximate surface area is 134 Å². The first-order valence-corrected chi connectivity index (χ1v) is 8.36. The highest BCUT2D eigenvalue weighted by Gasteiger charge is 1.97. The van der Waals surface area contributed by atoms with Gasteiger partial charge in [-0.05, 0) is 19.3 Å². The summed E-state index contributed by atoms with van der Waals surface area (Å²) in [4.78, 5) is 21.3. The number of carbonyl (C=O) groups is 2. The van der Waals surface area contributed by atoms with Gasteiger partial charge in [-0.3, -0.25) is 4.79 Å². The summed E-state index contributed by atoms with van der Waals surface area (Å²) in [5, 5.41) is 8.51. The second-order valence-electron chi connectivity index (χ2n) is 5.47. The van der Waals surface area contributed by atoms with Gasteiger partial charge in [-0.15, -0.1) is 0 Å². The molecule has 0 heterocycles. The van der Waals surface area contributed by atoms with Crippen molar-refractivity contribution in [3.63, 3.8) is 0 Å². The molecule has 4 heteroatoms. The van der Waals surface area contributed by atoms with Crippen molar-refractivity contribution in [2.45, 2.75) is 77.0 Å². The van der Waals surface area contributed by atoms with Gasteiger partial charge < -0.3 is 9.84 Å². The molecule has 0 bridgehead atoms. The van der Waals surface area contributed by atoms with Gasteiger partial charge in [0.1, 0.15) is 0 Å². The lowest BCUT2D eigenvalue weighted by atomic mass is 10.1. The molecule has 0 aliphatic rings. The molecule has 126 valence electrons. The summed E-state index contributed by atoms with van der Waals surface area (Å²) in [5.74, 6) is -1.05. The maximum atomic E-state index is 11.0. The maximum absolute atomic E-state index is 11.0. The van der Waals surface area contributed by atoms with Crippen LogP contribution in [-0.4, -0.2) is 17.0 Å². The number of esters is 1. The summed E-state index contributed by atoms with van der Waals surface area (Å²) in [6, 6.07) is 0. The van der Waals surface area contributed by atoms with E-state index >= 15 is 0 Å². The summed E-state index contributed by atoms with van der Waals surface area (Å²) < 4.78 is 4.57. The number of unbranched alkanes of at least 4 members (excludes halogenated alkanes) is 10. The first kappa shape index (κ1) is 20.4. The Hall–Kier alpha value is -1.58. The van der Waals surface area contributed by atoms with E-state index in [1.807, 2.05) is 6.08 Å². The van der Waals surface area contributed by atoms with Crippen molar-refractivity contribution in [2.75, 3.05) is 0 Å². The third-order valence-corrected chi connectivity index (χ3v) is 3.46. The zero-order valence-corrected chi connectivity index (χ0v) is 13.6. The van der Waals surface area contributed by atoms with Crippen LogP contribution in [0.2, 0.25) is 0 Å². The molecule has 0 saturated carbocycles. The van der Waals surface area contributed by atoms with Crippen LogP contribution in [0.1, 0.15) is 77.0 Å². The van der Waals surface area contributed by atoms with Crippen molar-refractivity contribution >= 4 is 11.9 Å². The first-order chi connectivity index (χ1) is 10.7. The van der Waals surface area contributed by atoms with Crippen LogP contribution in [-0.2, 0) is 14.3 Å². The minimum atomic E-state index is -0.688. The van der Waals surface area contributed by atoms with E-state index in [1.165, 1.54) is 44.6 Å². The number of carboxylic acid groups (broad SMARTS) is 1. The molecule has 0 atom stereocenters. The van der Waals surface area contributed by atoms with E-state index in [2.05, 4.69) is 11.3 Å². The molecule has 0 aliphatic heterocycles.